The van der Waals surface area contributed by atoms with Crippen molar-refractivity contribution in [2.24, 2.45) is 11.8 Å². The molecule has 2 fully saturated rings. The lowest BCUT2D eigenvalue weighted by molar-refractivity contribution is -0.137. The fraction of sp³-hybridized carbons (Fsp3) is 0.621. The number of rotatable bonds is 13. The van der Waals surface area contributed by atoms with E-state index in [0.717, 1.165) is 6.42 Å². The minimum absolute atomic E-state index is 0.0178. The predicted octanol–water partition coefficient (Wildman–Crippen LogP) is 3.64. The average molecular weight is 561 g/mol. The van der Waals surface area contributed by atoms with Crippen LogP contribution in [0.3, 0.4) is 0 Å². The number of nitrogens with zero attached hydrogens (tertiary/aromatic N) is 3. The molecule has 2 saturated heterocycles. The van der Waals surface area contributed by atoms with Crippen molar-refractivity contribution in [1.82, 2.24) is 15.3 Å². The Kier molecular flexibility index (Phi) is 10.2. The van der Waals surface area contributed by atoms with E-state index in [2.05, 4.69) is 15.3 Å². The Balaban J connectivity index is 1.57. The van der Waals surface area contributed by atoms with Gasteiger partial charge in [0.25, 0.3) is 0 Å². The Morgan fingerprint density at radius 1 is 1.25 bits per heavy atom. The molecule has 1 aromatic carbocycles. The van der Waals surface area contributed by atoms with Crippen molar-refractivity contribution in [3.05, 3.63) is 42.0 Å². The van der Waals surface area contributed by atoms with Crippen LogP contribution in [0.1, 0.15) is 45.6 Å². The molecule has 0 spiro atoms. The highest BCUT2D eigenvalue weighted by Gasteiger charge is 2.45. The van der Waals surface area contributed by atoms with Crippen molar-refractivity contribution in [2.45, 2.75) is 57.8 Å². The number of aromatic nitrogens is 2. The van der Waals surface area contributed by atoms with Gasteiger partial charge in [-0.25, -0.2) is 14.4 Å². The number of nitrogens with one attached hydrogen (secondary N) is 1. The van der Waals surface area contributed by atoms with Crippen LogP contribution < -0.4 is 19.7 Å². The zero-order chi connectivity index (χ0) is 28.7. The molecule has 4 rings (SSSR count). The van der Waals surface area contributed by atoms with E-state index in [-0.39, 0.29) is 42.1 Å². The number of methoxy groups -OCH3 is 1. The lowest BCUT2D eigenvalue weighted by Gasteiger charge is -2.43. The molecule has 0 aliphatic carbocycles. The summed E-state index contributed by atoms with van der Waals surface area (Å²) in [5.41, 5.74) is -0.532. The second-order valence-electron chi connectivity index (χ2n) is 10.6. The van der Waals surface area contributed by atoms with Gasteiger partial charge in [0, 0.05) is 63.3 Å². The summed E-state index contributed by atoms with van der Waals surface area (Å²) in [6, 6.07) is 4.46. The predicted molar refractivity (Wildman–Crippen MR) is 147 cm³/mol. The van der Waals surface area contributed by atoms with Gasteiger partial charge < -0.3 is 34.3 Å². The molecular weight excluding hydrogens is 519 g/mol. The number of halogens is 1. The minimum Gasteiger partial charge on any atom is -0.494 e. The van der Waals surface area contributed by atoms with Gasteiger partial charge >= 0.3 is 5.97 Å². The van der Waals surface area contributed by atoms with Crippen molar-refractivity contribution in [3.8, 4) is 11.6 Å². The van der Waals surface area contributed by atoms with Crippen LogP contribution in [0.25, 0.3) is 0 Å². The van der Waals surface area contributed by atoms with E-state index >= 15 is 4.39 Å². The lowest BCUT2D eigenvalue weighted by atomic mass is 9.77. The molecule has 0 bridgehead atoms. The molecule has 1 aromatic heterocycles. The molecule has 220 valence electrons. The summed E-state index contributed by atoms with van der Waals surface area (Å²) in [6.45, 7) is 9.33. The van der Waals surface area contributed by atoms with Crippen LogP contribution in [0.2, 0.25) is 0 Å². The van der Waals surface area contributed by atoms with Gasteiger partial charge in [-0.15, -0.1) is 0 Å². The maximum atomic E-state index is 15.3. The number of carbonyl (C=O) groups is 1. The molecule has 0 saturated carbocycles. The number of benzene rings is 1. The number of aliphatic carboxylic acids is 1. The number of ether oxygens (including phenoxy) is 4. The number of carboxylic acids is 1. The van der Waals surface area contributed by atoms with Gasteiger partial charge in [0.1, 0.15) is 23.0 Å². The van der Waals surface area contributed by atoms with Crippen molar-refractivity contribution in [1.29, 1.82) is 0 Å². The molecule has 3 heterocycles. The normalized spacial score (nSPS) is 26.6. The summed E-state index contributed by atoms with van der Waals surface area (Å²) in [5, 5.41) is 12.9. The first-order chi connectivity index (χ1) is 19.3. The van der Waals surface area contributed by atoms with Crippen molar-refractivity contribution in [3.63, 3.8) is 0 Å². The molecule has 2 aliphatic heterocycles. The first-order valence-corrected chi connectivity index (χ1v) is 14.0. The van der Waals surface area contributed by atoms with E-state index in [9.17, 15) is 9.90 Å². The Morgan fingerprint density at radius 3 is 2.75 bits per heavy atom. The lowest BCUT2D eigenvalue weighted by Crippen LogP contribution is -2.51. The highest BCUT2D eigenvalue weighted by Crippen LogP contribution is 2.42. The molecule has 40 heavy (non-hydrogen) atoms. The van der Waals surface area contributed by atoms with E-state index in [1.807, 2.05) is 25.7 Å². The molecule has 0 radical (unpaired) electrons. The second-order valence-corrected chi connectivity index (χ2v) is 10.6. The summed E-state index contributed by atoms with van der Waals surface area (Å²) in [6.07, 6.45) is 4.25. The highest BCUT2D eigenvalue weighted by atomic mass is 19.1. The third-order valence-electron chi connectivity index (χ3n) is 8.00. The molecule has 2 aliphatic rings. The monoisotopic (exact) mass is 560 g/mol. The number of hydrogen-bond donors (Lipinski definition) is 2. The molecular formula is C29H41FN4O6. The van der Waals surface area contributed by atoms with Crippen molar-refractivity contribution in [2.75, 3.05) is 51.5 Å². The van der Waals surface area contributed by atoms with Gasteiger partial charge in [-0.05, 0) is 38.1 Å². The first-order valence-electron chi connectivity index (χ1n) is 14.0. The van der Waals surface area contributed by atoms with E-state index < -0.39 is 11.6 Å². The Bertz CT molecular complexity index is 1120. The standard InChI is InChI=1S/C29H41FN4O6/c1-5-38-21-7-8-23(30)22(13-21)29(9-10-31-15-19(29)2)40-27-17-32-26(16-33-27)34-18-25(39-12-6-11-37-4)20(3)24(34)14-28(35)36/h7-8,13,16-17,19-20,24-25,31H,5-6,9-12,14-15,18H2,1-4H3,(H,35,36)/t19-,20?,24?,25?,29-/m1/s1. The van der Waals surface area contributed by atoms with Gasteiger partial charge in [-0.1, -0.05) is 13.8 Å². The molecule has 2 N–H and O–H groups in total. The summed E-state index contributed by atoms with van der Waals surface area (Å²) in [7, 11) is 1.65. The zero-order valence-electron chi connectivity index (χ0n) is 23.8. The maximum Gasteiger partial charge on any atom is 0.305 e. The van der Waals surface area contributed by atoms with Gasteiger partial charge in [-0.3, -0.25) is 4.79 Å². The number of carboxylic acid groups (broad SMARTS) is 1. The summed E-state index contributed by atoms with van der Waals surface area (Å²) < 4.78 is 38.6. The average Bonchev–Trinajstić information content (AvgIpc) is 3.24. The van der Waals surface area contributed by atoms with Gasteiger partial charge in [0.05, 0.1) is 31.5 Å². The Labute approximate surface area is 235 Å². The topological polar surface area (TPSA) is 115 Å². The number of anilines is 1. The molecule has 3 unspecified atom stereocenters. The second kappa shape index (κ2) is 13.6. The maximum absolute atomic E-state index is 15.3. The third kappa shape index (κ3) is 6.64. The van der Waals surface area contributed by atoms with Crippen LogP contribution in [0.5, 0.6) is 11.6 Å². The van der Waals surface area contributed by atoms with Crippen LogP contribution in [0.4, 0.5) is 10.2 Å². The van der Waals surface area contributed by atoms with Crippen LogP contribution in [0, 0.1) is 17.7 Å². The highest BCUT2D eigenvalue weighted by molar-refractivity contribution is 5.68. The first kappa shape index (κ1) is 30.0. The minimum atomic E-state index is -0.965. The van der Waals surface area contributed by atoms with Crippen LogP contribution in [-0.4, -0.2) is 79.8 Å². The SMILES string of the molecule is CCOc1ccc(F)c([C@@]2(Oc3cnc(N4CC(OCCCOC)C(C)C4CC(=O)O)cn3)CCNC[C@H]2C)c1. The fourth-order valence-electron chi connectivity index (χ4n) is 5.80. The van der Waals surface area contributed by atoms with Gasteiger partial charge in [-0.2, -0.15) is 0 Å². The van der Waals surface area contributed by atoms with Crippen LogP contribution in [-0.2, 0) is 19.9 Å². The quantitative estimate of drug-likeness (QED) is 0.352. The summed E-state index contributed by atoms with van der Waals surface area (Å²) in [5.74, 6) is 0.0771. The van der Waals surface area contributed by atoms with Crippen molar-refractivity contribution < 1.29 is 33.2 Å². The molecule has 10 nitrogen and oxygen atoms in total. The molecule has 5 atom stereocenters. The molecule has 0 amide bonds. The van der Waals surface area contributed by atoms with E-state index in [0.29, 0.717) is 63.0 Å². The Morgan fingerprint density at radius 2 is 2.08 bits per heavy atom. The summed E-state index contributed by atoms with van der Waals surface area (Å²) >= 11 is 0. The largest absolute Gasteiger partial charge is 0.494 e. The van der Waals surface area contributed by atoms with Crippen LogP contribution in [0.15, 0.2) is 30.6 Å². The molecule has 11 heteroatoms. The Hall–Kier alpha value is -3.02. The van der Waals surface area contributed by atoms with E-state index in [1.165, 1.54) is 12.3 Å². The van der Waals surface area contributed by atoms with E-state index in [4.69, 9.17) is 18.9 Å². The summed E-state index contributed by atoms with van der Waals surface area (Å²) in [4.78, 5) is 22.8. The number of piperidine rings is 1. The molecule has 2 aromatic rings. The van der Waals surface area contributed by atoms with E-state index in [1.54, 1.807) is 25.4 Å². The van der Waals surface area contributed by atoms with Gasteiger partial charge in [0.15, 0.2) is 0 Å². The fourth-order valence-corrected chi connectivity index (χ4v) is 5.80. The third-order valence-corrected chi connectivity index (χ3v) is 8.00. The van der Waals surface area contributed by atoms with Crippen LogP contribution >= 0.6 is 0 Å². The van der Waals surface area contributed by atoms with Gasteiger partial charge in [0.2, 0.25) is 5.88 Å². The smallest absolute Gasteiger partial charge is 0.305 e. The number of hydrogen-bond acceptors (Lipinski definition) is 9. The zero-order valence-corrected chi connectivity index (χ0v) is 23.8. The van der Waals surface area contributed by atoms with Crippen molar-refractivity contribution >= 4 is 11.8 Å².